The Morgan fingerprint density at radius 2 is 0.644 bits per heavy atom. The van der Waals surface area contributed by atoms with Gasteiger partial charge in [0.05, 0.1) is 0 Å². The topological polar surface area (TPSA) is 0 Å². The second-order valence-electron chi connectivity index (χ2n) is 11.3. The highest BCUT2D eigenvalue weighted by Gasteiger charge is 2.13. The van der Waals surface area contributed by atoms with Crippen molar-refractivity contribution in [1.82, 2.24) is 0 Å². The molecule has 0 spiro atoms. The Hall–Kier alpha value is -4.68. The molecule has 6 aromatic carbocycles. The van der Waals surface area contributed by atoms with Crippen molar-refractivity contribution in [2.75, 3.05) is 0 Å². The van der Waals surface area contributed by atoms with Crippen LogP contribution in [0.25, 0.3) is 83.5 Å². The van der Waals surface area contributed by atoms with Crippen molar-refractivity contribution < 1.29 is 8.78 Å². The molecule has 0 radical (unpaired) electrons. The summed E-state index contributed by atoms with van der Waals surface area (Å²) in [6.07, 6.45) is 0. The molecule has 0 amide bonds. The van der Waals surface area contributed by atoms with E-state index in [2.05, 4.69) is 84.9 Å². The third kappa shape index (κ3) is 4.75. The highest BCUT2D eigenvalue weighted by atomic mass is 32.1. The highest BCUT2D eigenvalue weighted by molar-refractivity contribution is 7.27. The number of hydrogen-bond donors (Lipinski definition) is 0. The molecule has 214 valence electrons. The highest BCUT2D eigenvalue weighted by Crippen LogP contribution is 2.44. The van der Waals surface area contributed by atoms with E-state index in [1.165, 1.54) is 85.5 Å². The Kier molecular flexibility index (Phi) is 6.20. The molecule has 0 unspecified atom stereocenters. The maximum Gasteiger partial charge on any atom is 0.123 e. The number of fused-ring (bicyclic) bond motifs is 5. The van der Waals surface area contributed by atoms with Crippen LogP contribution in [0.1, 0.15) is 0 Å². The summed E-state index contributed by atoms with van der Waals surface area (Å²) in [5, 5.41) is 5.13. The third-order valence-corrected chi connectivity index (χ3v) is 11.9. The van der Waals surface area contributed by atoms with Crippen LogP contribution in [-0.4, -0.2) is 0 Å². The lowest BCUT2D eigenvalue weighted by Gasteiger charge is -2.03. The number of thiophene rings is 3. The minimum absolute atomic E-state index is 0.219. The summed E-state index contributed by atoms with van der Waals surface area (Å²) in [6, 6.07) is 44.3. The lowest BCUT2D eigenvalue weighted by atomic mass is 10.0. The van der Waals surface area contributed by atoms with Crippen molar-refractivity contribution in [1.29, 1.82) is 0 Å². The van der Waals surface area contributed by atoms with Gasteiger partial charge in [-0.1, -0.05) is 72.8 Å². The van der Waals surface area contributed by atoms with Crippen molar-refractivity contribution in [2.24, 2.45) is 0 Å². The van der Waals surface area contributed by atoms with Gasteiger partial charge in [-0.3, -0.25) is 0 Å². The quantitative estimate of drug-likeness (QED) is 0.180. The van der Waals surface area contributed by atoms with Crippen LogP contribution < -0.4 is 0 Å². The molecular weight excluding hydrogens is 615 g/mol. The van der Waals surface area contributed by atoms with Crippen LogP contribution >= 0.6 is 34.0 Å². The lowest BCUT2D eigenvalue weighted by Crippen LogP contribution is -1.79. The summed E-state index contributed by atoms with van der Waals surface area (Å²) in [4.78, 5) is 2.49. The number of halogens is 2. The second-order valence-corrected chi connectivity index (χ2v) is 14.5. The maximum atomic E-state index is 13.3. The van der Waals surface area contributed by atoms with Gasteiger partial charge in [0.2, 0.25) is 0 Å². The monoisotopic (exact) mass is 636 g/mol. The fraction of sp³-hybridized carbons (Fsp3) is 0. The van der Waals surface area contributed by atoms with Crippen LogP contribution in [-0.2, 0) is 0 Å². The van der Waals surface area contributed by atoms with Crippen LogP contribution in [0.4, 0.5) is 8.78 Å². The van der Waals surface area contributed by atoms with E-state index >= 15 is 0 Å². The normalized spacial score (nSPS) is 11.8. The molecule has 0 nitrogen and oxygen atoms in total. The zero-order chi connectivity index (χ0) is 30.1. The Labute approximate surface area is 270 Å². The van der Waals surface area contributed by atoms with Gasteiger partial charge in [-0.2, -0.15) is 0 Å². The third-order valence-electron chi connectivity index (χ3n) is 8.44. The first-order valence-corrected chi connectivity index (χ1v) is 17.1. The van der Waals surface area contributed by atoms with Crippen LogP contribution in [0.2, 0.25) is 0 Å². The zero-order valence-corrected chi connectivity index (χ0v) is 26.1. The Balaban J connectivity index is 1.04. The van der Waals surface area contributed by atoms with Crippen molar-refractivity contribution in [3.8, 4) is 43.1 Å². The zero-order valence-electron chi connectivity index (χ0n) is 23.7. The smallest absolute Gasteiger partial charge is 0.123 e. The number of hydrogen-bond acceptors (Lipinski definition) is 3. The fourth-order valence-corrected chi connectivity index (χ4v) is 9.54. The van der Waals surface area contributed by atoms with E-state index in [1.54, 1.807) is 0 Å². The molecule has 9 rings (SSSR count). The van der Waals surface area contributed by atoms with Crippen LogP contribution in [0.15, 0.2) is 133 Å². The summed E-state index contributed by atoms with van der Waals surface area (Å²) < 4.78 is 31.9. The molecule has 0 aliphatic carbocycles. The van der Waals surface area contributed by atoms with Crippen molar-refractivity contribution >= 4 is 74.4 Å². The van der Waals surface area contributed by atoms with Crippen LogP contribution in [0.5, 0.6) is 0 Å². The van der Waals surface area contributed by atoms with Gasteiger partial charge in [-0.05, 0) is 105 Å². The SMILES string of the molecule is Fc1ccc(-c2ccc(-c3cc4cc5c(cc4s3)sc3cc4sc(-c6ccc(-c7ccc(F)cc7)cc6)cc4cc35)cc2)cc1. The molecule has 0 bridgehead atoms. The standard InChI is InChI=1S/C40H22F2S3/c41-31-13-9-25(10-14-31)23-1-5-27(6-2-23)35-19-29-17-33-34-18-30-20-36(44-38(30)22-40(34)45-39(33)21-37(29)43-35)28-7-3-24(4-8-28)26-11-15-32(42)16-12-26/h1-22H. The maximum absolute atomic E-state index is 13.3. The Bertz CT molecular complexity index is 2340. The molecule has 9 aromatic rings. The van der Waals surface area contributed by atoms with E-state index in [-0.39, 0.29) is 11.6 Å². The molecule has 0 fully saturated rings. The van der Waals surface area contributed by atoms with Gasteiger partial charge >= 0.3 is 0 Å². The molecule has 0 aliphatic rings. The molecule has 3 heterocycles. The van der Waals surface area contributed by atoms with E-state index < -0.39 is 0 Å². The molecule has 3 aromatic heterocycles. The first-order chi connectivity index (χ1) is 22.0. The molecular formula is C40H22F2S3. The predicted molar refractivity (Wildman–Crippen MR) is 192 cm³/mol. The summed E-state index contributed by atoms with van der Waals surface area (Å²) in [5.41, 5.74) is 6.56. The van der Waals surface area contributed by atoms with Gasteiger partial charge in [0, 0.05) is 39.3 Å². The van der Waals surface area contributed by atoms with Crippen molar-refractivity contribution in [2.45, 2.75) is 0 Å². The Morgan fingerprint density at radius 3 is 1.02 bits per heavy atom. The molecule has 0 atom stereocenters. The van der Waals surface area contributed by atoms with Gasteiger partial charge in [0.1, 0.15) is 11.6 Å². The van der Waals surface area contributed by atoms with Gasteiger partial charge in [0.15, 0.2) is 0 Å². The summed E-state index contributed by atoms with van der Waals surface area (Å²) in [6.45, 7) is 0. The van der Waals surface area contributed by atoms with Gasteiger partial charge in [-0.25, -0.2) is 8.78 Å². The molecule has 0 saturated heterocycles. The first-order valence-electron chi connectivity index (χ1n) is 14.6. The van der Waals surface area contributed by atoms with E-state index in [9.17, 15) is 8.78 Å². The first kappa shape index (κ1) is 26.7. The summed E-state index contributed by atoms with van der Waals surface area (Å²) in [7, 11) is 0. The van der Waals surface area contributed by atoms with Crippen molar-refractivity contribution in [3.63, 3.8) is 0 Å². The largest absolute Gasteiger partial charge is 0.207 e. The fourth-order valence-electron chi connectivity index (χ4n) is 6.07. The van der Waals surface area contributed by atoms with E-state index in [4.69, 9.17) is 0 Å². The summed E-state index contributed by atoms with van der Waals surface area (Å²) >= 11 is 5.51. The molecule has 0 saturated carbocycles. The predicted octanol–water partition coefficient (Wildman–Crippen LogP) is 13.4. The molecule has 0 aliphatic heterocycles. The van der Waals surface area contributed by atoms with Crippen molar-refractivity contribution in [3.05, 3.63) is 145 Å². The van der Waals surface area contributed by atoms with Crippen LogP contribution in [0.3, 0.4) is 0 Å². The van der Waals surface area contributed by atoms with E-state index in [0.717, 1.165) is 22.3 Å². The average Bonchev–Trinajstić information content (AvgIpc) is 3.78. The molecule has 0 N–H and O–H groups in total. The Morgan fingerprint density at radius 1 is 0.311 bits per heavy atom. The minimum Gasteiger partial charge on any atom is -0.207 e. The number of rotatable bonds is 4. The molecule has 5 heteroatoms. The van der Waals surface area contributed by atoms with E-state index in [1.807, 2.05) is 58.3 Å². The lowest BCUT2D eigenvalue weighted by molar-refractivity contribution is 0.627. The van der Waals surface area contributed by atoms with Gasteiger partial charge in [0.25, 0.3) is 0 Å². The van der Waals surface area contributed by atoms with Crippen LogP contribution in [0, 0.1) is 11.6 Å². The molecule has 45 heavy (non-hydrogen) atoms. The summed E-state index contributed by atoms with van der Waals surface area (Å²) in [5.74, 6) is -0.437. The van der Waals surface area contributed by atoms with E-state index in [0.29, 0.717) is 0 Å². The second kappa shape index (κ2) is 10.5. The average molecular weight is 637 g/mol. The minimum atomic E-state index is -0.219. The number of benzene rings is 6. The van der Waals surface area contributed by atoms with Gasteiger partial charge in [-0.15, -0.1) is 34.0 Å². The van der Waals surface area contributed by atoms with Gasteiger partial charge < -0.3 is 0 Å².